The Labute approximate surface area is 97.1 Å². The fraction of sp³-hybridized carbons (Fsp3) is 1.00. The summed E-state index contributed by atoms with van der Waals surface area (Å²) in [4.78, 5) is 0. The lowest BCUT2D eigenvalue weighted by Crippen LogP contribution is -1.95. The maximum atomic E-state index is 2.41. The molecule has 0 spiro atoms. The van der Waals surface area contributed by atoms with Crippen LogP contribution in [-0.2, 0) is 0 Å². The Morgan fingerprint density at radius 1 is 1.08 bits per heavy atom. The summed E-state index contributed by atoms with van der Waals surface area (Å²) in [6, 6.07) is 3.05. The third kappa shape index (κ3) is 13.1. The van der Waals surface area contributed by atoms with E-state index in [9.17, 15) is 0 Å². The van der Waals surface area contributed by atoms with Gasteiger partial charge in [0.1, 0.15) is 0 Å². The number of hydrogen-bond acceptors (Lipinski definition) is 2. The Hall–Kier alpha value is 1.13. The quantitative estimate of drug-likeness (QED) is 0.431. The first kappa shape index (κ1) is 14.1. The second-order valence-corrected chi connectivity index (χ2v) is 10.4. The first-order valence-corrected chi connectivity index (χ1v) is 12.3. The molecule has 0 bridgehead atoms. The van der Waals surface area contributed by atoms with Crippen molar-refractivity contribution < 1.29 is 0 Å². The van der Waals surface area contributed by atoms with E-state index in [1.807, 2.05) is 0 Å². The Morgan fingerprint density at radius 2 is 1.85 bits per heavy atom. The minimum Gasteiger partial charge on any atom is -0.165 e. The minimum atomic E-state index is 0.333. The molecule has 0 fully saturated rings. The molecule has 4 heteroatoms. The fourth-order valence-corrected chi connectivity index (χ4v) is 6.48. The summed E-state index contributed by atoms with van der Waals surface area (Å²) in [6.45, 7) is 4.74. The monoisotopic (exact) mass is 252 g/mol. The lowest BCUT2D eigenvalue weighted by Gasteiger charge is -2.00. The van der Waals surface area contributed by atoms with Gasteiger partial charge in [0.25, 0.3) is 0 Å². The normalized spacial score (nSPS) is 12.5. The van der Waals surface area contributed by atoms with E-state index in [1.165, 1.54) is 35.1 Å². The van der Waals surface area contributed by atoms with Crippen LogP contribution in [0, 0.1) is 0 Å². The zero-order valence-electron chi connectivity index (χ0n) is 9.18. The van der Waals surface area contributed by atoms with E-state index >= 15 is 0 Å². The van der Waals surface area contributed by atoms with Crippen LogP contribution in [0.1, 0.15) is 13.3 Å². The summed E-state index contributed by atoms with van der Waals surface area (Å²) in [7, 11) is 0.684. The van der Waals surface area contributed by atoms with Crippen molar-refractivity contribution in [2.75, 3.05) is 22.6 Å². The van der Waals surface area contributed by atoms with Crippen LogP contribution < -0.4 is 0 Å². The fourth-order valence-electron chi connectivity index (χ4n) is 1.02. The molecule has 0 saturated carbocycles. The molecule has 0 N–H and O–H groups in total. The molecule has 0 nitrogen and oxygen atoms in total. The molecule has 0 rings (SSSR count). The molecule has 0 aromatic heterocycles. The Bertz CT molecular complexity index is 81.7. The zero-order valence-corrected chi connectivity index (χ0v) is 13.6. The van der Waals surface area contributed by atoms with E-state index in [2.05, 4.69) is 37.0 Å². The highest BCUT2D eigenvalue weighted by molar-refractivity contribution is 8.03. The van der Waals surface area contributed by atoms with Gasteiger partial charge in [0.15, 0.2) is 0 Å². The van der Waals surface area contributed by atoms with E-state index in [0.29, 0.717) is 19.0 Å². The van der Waals surface area contributed by atoms with Crippen molar-refractivity contribution in [3.63, 3.8) is 0 Å². The maximum Gasteiger partial charge on any atom is 0.0314 e. The standard InChI is InChI=1S/C9H24S2Si2/c1-3-13-9-11-7-6-10-5-4-8-12-2/h3-9,12-13H2,1-2H3. The van der Waals surface area contributed by atoms with Gasteiger partial charge in [0.05, 0.1) is 0 Å². The molecule has 0 aromatic rings. The van der Waals surface area contributed by atoms with Crippen LogP contribution in [0.4, 0.5) is 0 Å². The summed E-state index contributed by atoms with van der Waals surface area (Å²) < 4.78 is 0. The van der Waals surface area contributed by atoms with Crippen molar-refractivity contribution in [1.82, 2.24) is 0 Å². The van der Waals surface area contributed by atoms with Crippen LogP contribution in [0.3, 0.4) is 0 Å². The Morgan fingerprint density at radius 3 is 2.54 bits per heavy atom. The molecule has 0 amide bonds. The van der Waals surface area contributed by atoms with Crippen LogP contribution in [0.15, 0.2) is 0 Å². The largest absolute Gasteiger partial charge is 0.165 e. The van der Waals surface area contributed by atoms with Crippen molar-refractivity contribution in [1.29, 1.82) is 0 Å². The second kappa shape index (κ2) is 13.1. The first-order chi connectivity index (χ1) is 6.41. The average Bonchev–Trinajstić information content (AvgIpc) is 2.16. The van der Waals surface area contributed by atoms with Crippen LogP contribution in [0.2, 0.25) is 18.6 Å². The van der Waals surface area contributed by atoms with Gasteiger partial charge >= 0.3 is 0 Å². The van der Waals surface area contributed by atoms with Gasteiger partial charge in [-0.05, 0) is 17.5 Å². The molecular formula is C9H24S2Si2. The number of hydrogen-bond donors (Lipinski definition) is 0. The molecule has 0 aliphatic carbocycles. The molecule has 0 heterocycles. The highest BCUT2D eigenvalue weighted by Crippen LogP contribution is 2.08. The summed E-state index contributed by atoms with van der Waals surface area (Å²) in [6.07, 6.45) is 1.49. The predicted octanol–water partition coefficient (Wildman–Crippen LogP) is 2.04. The van der Waals surface area contributed by atoms with Crippen molar-refractivity contribution in [3.05, 3.63) is 0 Å². The van der Waals surface area contributed by atoms with Gasteiger partial charge in [0.2, 0.25) is 0 Å². The molecule has 0 unspecified atom stereocenters. The lowest BCUT2D eigenvalue weighted by atomic mass is 10.6. The molecule has 0 aliphatic rings. The summed E-state index contributed by atoms with van der Waals surface area (Å²) >= 11 is 4.36. The van der Waals surface area contributed by atoms with E-state index in [4.69, 9.17) is 0 Å². The SMILES string of the molecule is CC[SiH2]CSCCSCCC[SiH2]C. The molecule has 80 valence electrons. The maximum absolute atomic E-state index is 2.41. The Balaban J connectivity index is 2.76. The molecule has 0 aliphatic heterocycles. The Kier molecular flexibility index (Phi) is 14.3. The summed E-state index contributed by atoms with van der Waals surface area (Å²) in [5, 5.41) is 1.51. The van der Waals surface area contributed by atoms with Crippen molar-refractivity contribution in [2.45, 2.75) is 32.0 Å². The minimum absolute atomic E-state index is 0.333. The van der Waals surface area contributed by atoms with Gasteiger partial charge in [-0.15, -0.1) is 0 Å². The van der Waals surface area contributed by atoms with Gasteiger partial charge in [-0.1, -0.05) is 25.6 Å². The highest BCUT2D eigenvalue weighted by Gasteiger charge is 1.91. The molecule has 0 aromatic carbocycles. The highest BCUT2D eigenvalue weighted by atomic mass is 32.2. The van der Waals surface area contributed by atoms with Crippen molar-refractivity contribution >= 4 is 42.6 Å². The lowest BCUT2D eigenvalue weighted by molar-refractivity contribution is 1.09. The third-order valence-corrected chi connectivity index (χ3v) is 7.95. The topological polar surface area (TPSA) is 0 Å². The van der Waals surface area contributed by atoms with Crippen molar-refractivity contribution in [2.24, 2.45) is 0 Å². The van der Waals surface area contributed by atoms with Gasteiger partial charge in [-0.2, -0.15) is 23.5 Å². The van der Waals surface area contributed by atoms with E-state index in [1.54, 1.807) is 6.04 Å². The molecule has 13 heavy (non-hydrogen) atoms. The molecule has 0 atom stereocenters. The van der Waals surface area contributed by atoms with Crippen molar-refractivity contribution in [3.8, 4) is 0 Å². The van der Waals surface area contributed by atoms with Crippen LogP contribution in [-0.4, -0.2) is 41.7 Å². The van der Waals surface area contributed by atoms with Gasteiger partial charge in [0, 0.05) is 30.5 Å². The van der Waals surface area contributed by atoms with Crippen LogP contribution in [0.5, 0.6) is 0 Å². The number of thioether (sulfide) groups is 2. The zero-order chi connectivity index (χ0) is 9.78. The van der Waals surface area contributed by atoms with E-state index in [0.717, 1.165) is 0 Å². The van der Waals surface area contributed by atoms with Crippen LogP contribution in [0.25, 0.3) is 0 Å². The second-order valence-electron chi connectivity index (χ2n) is 3.29. The first-order valence-electron chi connectivity index (χ1n) is 5.57. The van der Waals surface area contributed by atoms with Gasteiger partial charge in [-0.25, -0.2) is 0 Å². The summed E-state index contributed by atoms with van der Waals surface area (Å²) in [5.74, 6) is 4.22. The van der Waals surface area contributed by atoms with E-state index in [-0.39, 0.29) is 0 Å². The van der Waals surface area contributed by atoms with Gasteiger partial charge < -0.3 is 0 Å². The summed E-state index contributed by atoms with van der Waals surface area (Å²) in [5.41, 5.74) is 0. The number of rotatable bonds is 10. The van der Waals surface area contributed by atoms with E-state index < -0.39 is 0 Å². The molecule has 0 radical (unpaired) electrons. The van der Waals surface area contributed by atoms with Crippen LogP contribution >= 0.6 is 23.5 Å². The molecular weight excluding hydrogens is 228 g/mol. The average molecular weight is 253 g/mol. The van der Waals surface area contributed by atoms with Gasteiger partial charge in [-0.3, -0.25) is 0 Å². The predicted molar refractivity (Wildman–Crippen MR) is 77.5 cm³/mol. The smallest absolute Gasteiger partial charge is 0.0314 e. The molecule has 0 saturated heterocycles. The third-order valence-electron chi connectivity index (χ3n) is 1.91.